The van der Waals surface area contributed by atoms with Gasteiger partial charge in [-0.05, 0) is 18.9 Å². The van der Waals surface area contributed by atoms with Crippen LogP contribution in [0.5, 0.6) is 0 Å². The number of aromatic nitrogens is 3. The van der Waals surface area contributed by atoms with E-state index < -0.39 is 0 Å². The molecule has 1 N–H and O–H groups in total. The van der Waals surface area contributed by atoms with E-state index >= 15 is 0 Å². The fourth-order valence-electron chi connectivity index (χ4n) is 2.19. The van der Waals surface area contributed by atoms with Crippen molar-refractivity contribution in [2.45, 2.75) is 20.0 Å². The van der Waals surface area contributed by atoms with Crippen molar-refractivity contribution >= 4 is 5.95 Å². The molecule has 5 heteroatoms. The van der Waals surface area contributed by atoms with E-state index in [2.05, 4.69) is 50.6 Å². The second-order valence-electron chi connectivity index (χ2n) is 4.59. The third kappa shape index (κ3) is 2.36. The van der Waals surface area contributed by atoms with Gasteiger partial charge in [-0.2, -0.15) is 10.1 Å². The van der Waals surface area contributed by atoms with Crippen LogP contribution in [-0.4, -0.2) is 32.9 Å². The van der Waals surface area contributed by atoms with E-state index in [0.29, 0.717) is 0 Å². The largest absolute Gasteiger partial charge is 0.342 e. The molecule has 0 aliphatic carbocycles. The Labute approximate surface area is 106 Å². The van der Waals surface area contributed by atoms with E-state index in [4.69, 9.17) is 0 Å². The Balaban J connectivity index is 1.60. The van der Waals surface area contributed by atoms with Gasteiger partial charge in [-0.1, -0.05) is 30.3 Å². The summed E-state index contributed by atoms with van der Waals surface area (Å²) in [5.74, 6) is 1.70. The van der Waals surface area contributed by atoms with Crippen molar-refractivity contribution in [1.82, 2.24) is 19.7 Å². The Bertz CT molecular complexity index is 519. The van der Waals surface area contributed by atoms with Crippen molar-refractivity contribution < 1.29 is 0 Å². The number of hydrogen-bond donors (Lipinski definition) is 1. The summed E-state index contributed by atoms with van der Waals surface area (Å²) < 4.78 is 1.92. The van der Waals surface area contributed by atoms with E-state index in [0.717, 1.165) is 38.1 Å². The van der Waals surface area contributed by atoms with Crippen LogP contribution in [0.2, 0.25) is 0 Å². The predicted octanol–water partition coefficient (Wildman–Crippen LogP) is 1.47. The number of nitrogens with zero attached hydrogens (tertiary/aromatic N) is 4. The lowest BCUT2D eigenvalue weighted by Crippen LogP contribution is -2.38. The third-order valence-electron chi connectivity index (χ3n) is 3.13. The molecule has 1 aromatic heterocycles. The molecule has 18 heavy (non-hydrogen) atoms. The maximum Gasteiger partial charge on any atom is 0.223 e. The van der Waals surface area contributed by atoms with Crippen molar-refractivity contribution in [3.8, 4) is 0 Å². The van der Waals surface area contributed by atoms with Crippen LogP contribution in [0.3, 0.4) is 0 Å². The van der Waals surface area contributed by atoms with Gasteiger partial charge in [-0.15, -0.1) is 0 Å². The van der Waals surface area contributed by atoms with Crippen LogP contribution >= 0.6 is 0 Å². The molecule has 1 aromatic carbocycles. The second-order valence-corrected chi connectivity index (χ2v) is 4.59. The van der Waals surface area contributed by atoms with Crippen molar-refractivity contribution in [2.75, 3.05) is 18.5 Å². The van der Waals surface area contributed by atoms with Gasteiger partial charge < -0.3 is 5.32 Å². The molecule has 0 spiro atoms. The molecule has 0 fully saturated rings. The fourth-order valence-corrected chi connectivity index (χ4v) is 2.19. The molecule has 0 saturated carbocycles. The van der Waals surface area contributed by atoms with Crippen LogP contribution in [-0.2, 0) is 13.1 Å². The highest BCUT2D eigenvalue weighted by Gasteiger charge is 2.17. The molecular weight excluding hydrogens is 226 g/mol. The Hall–Kier alpha value is -1.88. The zero-order valence-corrected chi connectivity index (χ0v) is 10.5. The first-order chi connectivity index (χ1) is 8.81. The van der Waals surface area contributed by atoms with Crippen molar-refractivity contribution in [1.29, 1.82) is 0 Å². The predicted molar refractivity (Wildman–Crippen MR) is 70.1 cm³/mol. The van der Waals surface area contributed by atoms with Gasteiger partial charge in [0.1, 0.15) is 5.82 Å². The summed E-state index contributed by atoms with van der Waals surface area (Å²) in [6, 6.07) is 10.6. The minimum atomic E-state index is 0.815. The molecule has 2 heterocycles. The topological polar surface area (TPSA) is 46.0 Å². The summed E-state index contributed by atoms with van der Waals surface area (Å²) in [4.78, 5) is 6.65. The van der Waals surface area contributed by atoms with E-state index in [1.165, 1.54) is 5.56 Å². The van der Waals surface area contributed by atoms with Crippen LogP contribution < -0.4 is 5.32 Å². The average molecular weight is 243 g/mol. The molecule has 94 valence electrons. The van der Waals surface area contributed by atoms with E-state index in [9.17, 15) is 0 Å². The molecule has 0 atom stereocenters. The molecule has 0 saturated heterocycles. The maximum atomic E-state index is 4.36. The van der Waals surface area contributed by atoms with E-state index in [1.54, 1.807) is 0 Å². The summed E-state index contributed by atoms with van der Waals surface area (Å²) in [5.41, 5.74) is 1.37. The minimum absolute atomic E-state index is 0.815. The number of hydrogen-bond acceptors (Lipinski definition) is 4. The summed E-state index contributed by atoms with van der Waals surface area (Å²) in [7, 11) is 0. The summed E-state index contributed by atoms with van der Waals surface area (Å²) in [6.45, 7) is 4.59. The molecule has 0 unspecified atom stereocenters. The quantitative estimate of drug-likeness (QED) is 0.886. The highest BCUT2D eigenvalue weighted by atomic mass is 15.5. The van der Waals surface area contributed by atoms with E-state index in [1.807, 2.05) is 11.6 Å². The number of aryl methyl sites for hydroxylation is 1. The normalized spacial score (nSPS) is 15.2. The van der Waals surface area contributed by atoms with Crippen LogP contribution in [0.15, 0.2) is 30.3 Å². The first-order valence-electron chi connectivity index (χ1n) is 6.23. The van der Waals surface area contributed by atoms with Gasteiger partial charge in [-0.3, -0.25) is 4.90 Å². The first kappa shape index (κ1) is 11.2. The number of anilines is 1. The average Bonchev–Trinajstić information content (AvgIpc) is 2.77. The number of nitrogens with one attached hydrogen (secondary N) is 1. The van der Waals surface area contributed by atoms with Crippen LogP contribution in [0.1, 0.15) is 11.4 Å². The molecule has 3 rings (SSSR count). The zero-order chi connectivity index (χ0) is 12.4. The summed E-state index contributed by atoms with van der Waals surface area (Å²) in [6.07, 6.45) is 1.06. The number of rotatable bonds is 3. The van der Waals surface area contributed by atoms with Crippen molar-refractivity contribution in [2.24, 2.45) is 0 Å². The smallest absolute Gasteiger partial charge is 0.223 e. The SMILES string of the molecule is Cc1nc2n(n1)CN(CCc1ccccc1)CN2. The standard InChI is InChI=1S/C13H17N5/c1-11-15-13-14-9-17(10-18(13)16-11)8-7-12-5-3-2-4-6-12/h2-6H,7-10H2,1H3,(H,14,15,16). The van der Waals surface area contributed by atoms with Gasteiger partial charge in [0.05, 0.1) is 13.3 Å². The van der Waals surface area contributed by atoms with Crippen molar-refractivity contribution in [3.63, 3.8) is 0 Å². The van der Waals surface area contributed by atoms with Crippen molar-refractivity contribution in [3.05, 3.63) is 41.7 Å². The molecule has 1 aliphatic rings. The molecule has 5 nitrogen and oxygen atoms in total. The Kier molecular flexibility index (Phi) is 2.98. The lowest BCUT2D eigenvalue weighted by molar-refractivity contribution is 0.208. The highest BCUT2D eigenvalue weighted by molar-refractivity contribution is 5.26. The van der Waals surface area contributed by atoms with Gasteiger partial charge in [0.25, 0.3) is 0 Å². The second kappa shape index (κ2) is 4.78. The lowest BCUT2D eigenvalue weighted by atomic mass is 10.1. The molecule has 2 aromatic rings. The van der Waals surface area contributed by atoms with Gasteiger partial charge in [-0.25, -0.2) is 4.68 Å². The summed E-state index contributed by atoms with van der Waals surface area (Å²) >= 11 is 0. The van der Waals surface area contributed by atoms with Gasteiger partial charge in [0.2, 0.25) is 5.95 Å². The first-order valence-corrected chi connectivity index (χ1v) is 6.23. The number of benzene rings is 1. The minimum Gasteiger partial charge on any atom is -0.342 e. The van der Waals surface area contributed by atoms with Gasteiger partial charge in [0.15, 0.2) is 0 Å². The fraction of sp³-hybridized carbons (Fsp3) is 0.385. The highest BCUT2D eigenvalue weighted by Crippen LogP contribution is 2.12. The number of fused-ring (bicyclic) bond motifs is 1. The van der Waals surface area contributed by atoms with Crippen LogP contribution in [0.4, 0.5) is 5.95 Å². The molecular formula is C13H17N5. The summed E-state index contributed by atoms with van der Waals surface area (Å²) in [5, 5.41) is 7.64. The molecule has 1 aliphatic heterocycles. The molecule has 0 radical (unpaired) electrons. The van der Waals surface area contributed by atoms with Crippen LogP contribution in [0, 0.1) is 6.92 Å². The molecule has 0 amide bonds. The Morgan fingerprint density at radius 3 is 2.94 bits per heavy atom. The molecule has 0 bridgehead atoms. The Morgan fingerprint density at radius 1 is 1.28 bits per heavy atom. The third-order valence-corrected chi connectivity index (χ3v) is 3.13. The van der Waals surface area contributed by atoms with Gasteiger partial charge in [0, 0.05) is 6.54 Å². The Morgan fingerprint density at radius 2 is 2.11 bits per heavy atom. The zero-order valence-electron chi connectivity index (χ0n) is 10.5. The van der Waals surface area contributed by atoms with Gasteiger partial charge >= 0.3 is 0 Å². The maximum absolute atomic E-state index is 4.36. The van der Waals surface area contributed by atoms with Crippen LogP contribution in [0.25, 0.3) is 0 Å². The lowest BCUT2D eigenvalue weighted by Gasteiger charge is -2.27. The van der Waals surface area contributed by atoms with E-state index in [-0.39, 0.29) is 0 Å². The monoisotopic (exact) mass is 243 g/mol.